The molecule has 1 saturated carbocycles. The average molecular weight is 221 g/mol. The number of nitrogens with two attached hydrogens (primary N) is 1. The molecule has 0 saturated heterocycles. The summed E-state index contributed by atoms with van der Waals surface area (Å²) in [5.41, 5.74) is 5.40. The average Bonchev–Trinajstić information content (AvgIpc) is 3.05. The van der Waals surface area contributed by atoms with Crippen molar-refractivity contribution in [3.8, 4) is 0 Å². The Labute approximate surface area is 93.6 Å². The van der Waals surface area contributed by atoms with Gasteiger partial charge in [0.05, 0.1) is 0 Å². The van der Waals surface area contributed by atoms with E-state index in [1.54, 1.807) is 12.1 Å². The molecule has 0 radical (unpaired) electrons. The molecule has 2 rings (SSSR count). The number of nitrogens with one attached hydrogen (secondary N) is 2. The highest BCUT2D eigenvalue weighted by molar-refractivity contribution is 5.77. The van der Waals surface area contributed by atoms with Gasteiger partial charge in [0, 0.05) is 19.0 Å². The molecule has 1 aliphatic rings. The van der Waals surface area contributed by atoms with Gasteiger partial charge >= 0.3 is 0 Å². The second-order valence-electron chi connectivity index (χ2n) is 3.86. The Morgan fingerprint density at radius 3 is 2.88 bits per heavy atom. The largest absolute Gasteiger partial charge is 0.382 e. The van der Waals surface area contributed by atoms with Crippen LogP contribution in [-0.4, -0.2) is 28.7 Å². The SMILES string of the molecule is Nc1ccc(NCCC(=O)NC2CC2)nn1. The Balaban J connectivity index is 1.66. The number of nitrogens with zero attached hydrogens (tertiary/aromatic N) is 2. The summed E-state index contributed by atoms with van der Waals surface area (Å²) in [6.07, 6.45) is 2.67. The summed E-state index contributed by atoms with van der Waals surface area (Å²) >= 11 is 0. The van der Waals surface area contributed by atoms with Crippen LogP contribution < -0.4 is 16.4 Å². The van der Waals surface area contributed by atoms with E-state index in [4.69, 9.17) is 5.73 Å². The molecule has 4 N–H and O–H groups in total. The standard InChI is InChI=1S/C10H15N5O/c11-8-3-4-9(15-14-8)12-6-5-10(16)13-7-1-2-7/h3-4,7H,1-2,5-6H2,(H2,11,14)(H,12,15)(H,13,16). The van der Waals surface area contributed by atoms with Gasteiger partial charge in [0.25, 0.3) is 0 Å². The fraction of sp³-hybridized carbons (Fsp3) is 0.500. The van der Waals surface area contributed by atoms with Crippen LogP contribution in [0, 0.1) is 0 Å². The predicted molar refractivity (Wildman–Crippen MR) is 60.7 cm³/mol. The Morgan fingerprint density at radius 2 is 2.25 bits per heavy atom. The summed E-state index contributed by atoms with van der Waals surface area (Å²) in [5.74, 6) is 1.10. The third kappa shape index (κ3) is 3.38. The normalized spacial score (nSPS) is 14.5. The minimum absolute atomic E-state index is 0.0819. The van der Waals surface area contributed by atoms with Gasteiger partial charge in [-0.25, -0.2) is 0 Å². The first kappa shape index (κ1) is 10.7. The number of carbonyl (C=O) groups excluding carboxylic acids is 1. The molecule has 16 heavy (non-hydrogen) atoms. The van der Waals surface area contributed by atoms with Crippen LogP contribution in [0.1, 0.15) is 19.3 Å². The molecule has 6 heteroatoms. The fourth-order valence-electron chi connectivity index (χ4n) is 1.27. The molecule has 0 spiro atoms. The van der Waals surface area contributed by atoms with Crippen molar-refractivity contribution >= 4 is 17.5 Å². The highest BCUT2D eigenvalue weighted by atomic mass is 16.1. The van der Waals surface area contributed by atoms with Crippen molar-refractivity contribution in [1.82, 2.24) is 15.5 Å². The minimum Gasteiger partial charge on any atom is -0.382 e. The van der Waals surface area contributed by atoms with E-state index >= 15 is 0 Å². The molecule has 1 heterocycles. The van der Waals surface area contributed by atoms with Gasteiger partial charge in [-0.3, -0.25) is 4.79 Å². The summed E-state index contributed by atoms with van der Waals surface area (Å²) in [5, 5.41) is 13.5. The van der Waals surface area contributed by atoms with Crippen molar-refractivity contribution in [3.05, 3.63) is 12.1 Å². The molecule has 86 valence electrons. The number of anilines is 2. The number of hydrogen-bond acceptors (Lipinski definition) is 5. The Bertz CT molecular complexity index is 360. The fourth-order valence-corrected chi connectivity index (χ4v) is 1.27. The molecule has 0 aromatic carbocycles. The summed E-state index contributed by atoms with van der Waals surface area (Å²) in [6, 6.07) is 3.82. The maximum Gasteiger partial charge on any atom is 0.221 e. The van der Waals surface area contributed by atoms with Gasteiger partial charge in [-0.15, -0.1) is 10.2 Å². The maximum absolute atomic E-state index is 11.3. The van der Waals surface area contributed by atoms with Crippen LogP contribution in [0.3, 0.4) is 0 Å². The predicted octanol–water partition coefficient (Wildman–Crippen LogP) is 0.139. The lowest BCUT2D eigenvalue weighted by atomic mass is 10.4. The quantitative estimate of drug-likeness (QED) is 0.657. The molecule has 1 aliphatic carbocycles. The third-order valence-electron chi connectivity index (χ3n) is 2.29. The molecular formula is C10H15N5O. The first-order valence-corrected chi connectivity index (χ1v) is 5.36. The molecule has 6 nitrogen and oxygen atoms in total. The van der Waals surface area contributed by atoms with Gasteiger partial charge in [0.2, 0.25) is 5.91 Å². The van der Waals surface area contributed by atoms with E-state index in [0.29, 0.717) is 30.6 Å². The maximum atomic E-state index is 11.3. The first-order chi connectivity index (χ1) is 7.74. The van der Waals surface area contributed by atoms with Crippen LogP contribution in [0.5, 0.6) is 0 Å². The zero-order chi connectivity index (χ0) is 11.4. The van der Waals surface area contributed by atoms with E-state index in [1.165, 1.54) is 0 Å². The van der Waals surface area contributed by atoms with E-state index in [2.05, 4.69) is 20.8 Å². The molecule has 1 aromatic rings. The van der Waals surface area contributed by atoms with Crippen LogP contribution in [0.25, 0.3) is 0 Å². The second-order valence-corrected chi connectivity index (χ2v) is 3.86. The Morgan fingerprint density at radius 1 is 1.44 bits per heavy atom. The zero-order valence-corrected chi connectivity index (χ0v) is 8.94. The van der Waals surface area contributed by atoms with Gasteiger partial charge in [-0.1, -0.05) is 0 Å². The highest BCUT2D eigenvalue weighted by Crippen LogP contribution is 2.18. The van der Waals surface area contributed by atoms with Crippen molar-refractivity contribution in [2.75, 3.05) is 17.6 Å². The number of hydrogen-bond donors (Lipinski definition) is 3. The van der Waals surface area contributed by atoms with Gasteiger partial charge in [-0.05, 0) is 25.0 Å². The van der Waals surface area contributed by atoms with Crippen LogP contribution in [0.2, 0.25) is 0 Å². The van der Waals surface area contributed by atoms with Crippen molar-refractivity contribution in [3.63, 3.8) is 0 Å². The molecule has 1 fully saturated rings. The minimum atomic E-state index is 0.0819. The number of carbonyl (C=O) groups is 1. The van der Waals surface area contributed by atoms with Crippen molar-refractivity contribution in [1.29, 1.82) is 0 Å². The van der Waals surface area contributed by atoms with Gasteiger partial charge < -0.3 is 16.4 Å². The lowest BCUT2D eigenvalue weighted by Crippen LogP contribution is -2.27. The Kier molecular flexibility index (Phi) is 3.19. The lowest BCUT2D eigenvalue weighted by Gasteiger charge is -2.05. The summed E-state index contributed by atoms with van der Waals surface area (Å²) in [7, 11) is 0. The number of nitrogen functional groups attached to an aromatic ring is 1. The highest BCUT2D eigenvalue weighted by Gasteiger charge is 2.22. The third-order valence-corrected chi connectivity index (χ3v) is 2.29. The molecule has 0 atom stereocenters. The van der Waals surface area contributed by atoms with E-state index < -0.39 is 0 Å². The summed E-state index contributed by atoms with van der Waals surface area (Å²) in [4.78, 5) is 11.3. The monoisotopic (exact) mass is 221 g/mol. The van der Waals surface area contributed by atoms with Gasteiger partial charge in [-0.2, -0.15) is 0 Å². The summed E-state index contributed by atoms with van der Waals surface area (Å²) < 4.78 is 0. The van der Waals surface area contributed by atoms with Crippen molar-refractivity contribution in [2.45, 2.75) is 25.3 Å². The Hall–Kier alpha value is -1.85. The van der Waals surface area contributed by atoms with Crippen LogP contribution in [0.15, 0.2) is 12.1 Å². The van der Waals surface area contributed by atoms with E-state index in [0.717, 1.165) is 12.8 Å². The molecule has 0 unspecified atom stereocenters. The van der Waals surface area contributed by atoms with Crippen LogP contribution >= 0.6 is 0 Å². The number of rotatable bonds is 5. The second kappa shape index (κ2) is 4.78. The van der Waals surface area contributed by atoms with Crippen molar-refractivity contribution < 1.29 is 4.79 Å². The van der Waals surface area contributed by atoms with Gasteiger partial charge in [0.15, 0.2) is 0 Å². The first-order valence-electron chi connectivity index (χ1n) is 5.36. The smallest absolute Gasteiger partial charge is 0.221 e. The van der Waals surface area contributed by atoms with Crippen LogP contribution in [-0.2, 0) is 4.79 Å². The molecule has 0 bridgehead atoms. The molecule has 0 aliphatic heterocycles. The van der Waals surface area contributed by atoms with E-state index in [-0.39, 0.29) is 5.91 Å². The zero-order valence-electron chi connectivity index (χ0n) is 8.94. The molecular weight excluding hydrogens is 206 g/mol. The lowest BCUT2D eigenvalue weighted by molar-refractivity contribution is -0.120. The van der Waals surface area contributed by atoms with Gasteiger partial charge in [0.1, 0.15) is 11.6 Å². The van der Waals surface area contributed by atoms with Crippen LogP contribution in [0.4, 0.5) is 11.6 Å². The summed E-state index contributed by atoms with van der Waals surface area (Å²) in [6.45, 7) is 0.553. The topological polar surface area (TPSA) is 92.9 Å². The van der Waals surface area contributed by atoms with E-state index in [9.17, 15) is 4.79 Å². The molecule has 1 aromatic heterocycles. The number of aromatic nitrogens is 2. The molecule has 1 amide bonds. The number of amides is 1. The van der Waals surface area contributed by atoms with Crippen molar-refractivity contribution in [2.24, 2.45) is 0 Å². The van der Waals surface area contributed by atoms with E-state index in [1.807, 2.05) is 0 Å².